The molecule has 2 atom stereocenters. The van der Waals surface area contributed by atoms with Gasteiger partial charge in [0.2, 0.25) is 17.7 Å². The molecule has 13 heteroatoms. The number of nitrogens with two attached hydrogens (primary N) is 1. The van der Waals surface area contributed by atoms with Crippen molar-refractivity contribution in [2.45, 2.75) is 51.4 Å². The number of anilines is 1. The fraction of sp³-hybridized carbons (Fsp3) is 0.370. The molecule has 2 heterocycles. The number of halogens is 1. The largest absolute Gasteiger partial charge is 0.346 e. The van der Waals surface area contributed by atoms with E-state index < -0.39 is 24.0 Å². The van der Waals surface area contributed by atoms with Gasteiger partial charge in [-0.15, -0.1) is 11.8 Å². The minimum Gasteiger partial charge on any atom is -0.346 e. The predicted octanol–water partition coefficient (Wildman–Crippen LogP) is 2.12. The SMILES string of the molecule is CC(N)C(=O)NCSCCc1ccc(NC(=O)NCc2ccc3c(c2)CN(C2CCC(=O)NC2=O)C3=O)cc1Cl. The number of nitrogens with zero attached hydrogens (tertiary/aromatic N) is 1. The Labute approximate surface area is 240 Å². The van der Waals surface area contributed by atoms with Crippen molar-refractivity contribution in [1.29, 1.82) is 0 Å². The first-order valence-corrected chi connectivity index (χ1v) is 14.4. The van der Waals surface area contributed by atoms with Gasteiger partial charge in [0.1, 0.15) is 6.04 Å². The van der Waals surface area contributed by atoms with Gasteiger partial charge in [-0.05, 0) is 60.4 Å². The standard InChI is InChI=1S/C27H31ClN6O5S/c1-15(29)24(36)31-14-40-9-8-17-3-4-19(11-21(17)28)32-27(39)30-12-16-2-5-20-18(10-16)13-34(26(20)38)22-6-7-23(35)33-25(22)37/h2-5,10-11,15,22H,6-9,12-14,29H2,1H3,(H,31,36)(H2,30,32,39)(H,33,35,37). The molecular weight excluding hydrogens is 556 g/mol. The molecule has 6 amide bonds. The Bertz CT molecular complexity index is 1340. The zero-order valence-corrected chi connectivity index (χ0v) is 23.5. The number of hydrogen-bond donors (Lipinski definition) is 5. The van der Waals surface area contributed by atoms with Gasteiger partial charge < -0.3 is 26.6 Å². The fourth-order valence-corrected chi connectivity index (χ4v) is 5.49. The van der Waals surface area contributed by atoms with E-state index in [9.17, 15) is 24.0 Å². The van der Waals surface area contributed by atoms with Crippen molar-refractivity contribution in [2.24, 2.45) is 5.73 Å². The topological polar surface area (TPSA) is 163 Å². The highest BCUT2D eigenvalue weighted by atomic mass is 35.5. The molecule has 2 aliphatic heterocycles. The number of hydrogen-bond acceptors (Lipinski definition) is 7. The number of rotatable bonds is 10. The molecule has 2 aliphatic rings. The molecular formula is C27H31ClN6O5S. The van der Waals surface area contributed by atoms with Crippen molar-refractivity contribution in [1.82, 2.24) is 20.9 Å². The third-order valence-electron chi connectivity index (χ3n) is 6.63. The molecule has 0 aromatic heterocycles. The average molecular weight is 587 g/mol. The summed E-state index contributed by atoms with van der Waals surface area (Å²) in [6.07, 6.45) is 1.20. The van der Waals surface area contributed by atoms with E-state index in [2.05, 4.69) is 21.3 Å². The van der Waals surface area contributed by atoms with Crippen LogP contribution in [-0.2, 0) is 33.9 Å². The van der Waals surface area contributed by atoms with Crippen LogP contribution in [-0.4, -0.2) is 58.3 Å². The van der Waals surface area contributed by atoms with Crippen LogP contribution in [0.1, 0.15) is 46.8 Å². The monoisotopic (exact) mass is 586 g/mol. The highest BCUT2D eigenvalue weighted by Gasteiger charge is 2.39. The molecule has 1 saturated heterocycles. The molecule has 4 rings (SSSR count). The molecule has 40 heavy (non-hydrogen) atoms. The molecule has 0 bridgehead atoms. The summed E-state index contributed by atoms with van der Waals surface area (Å²) in [5.41, 5.74) is 9.07. The quantitative estimate of drug-likeness (QED) is 0.162. The normalized spacial score (nSPS) is 17.2. The van der Waals surface area contributed by atoms with E-state index in [0.29, 0.717) is 35.0 Å². The number of thioether (sulfide) groups is 1. The molecule has 2 aromatic rings. The fourth-order valence-electron chi connectivity index (χ4n) is 4.46. The van der Waals surface area contributed by atoms with Crippen LogP contribution in [0.25, 0.3) is 0 Å². The van der Waals surface area contributed by atoms with Crippen molar-refractivity contribution >= 4 is 58.7 Å². The minimum atomic E-state index is -0.671. The summed E-state index contributed by atoms with van der Waals surface area (Å²) in [6.45, 7) is 2.13. The second-order valence-corrected chi connectivity index (χ2v) is 11.1. The Hall–Kier alpha value is -3.61. The predicted molar refractivity (Wildman–Crippen MR) is 153 cm³/mol. The third kappa shape index (κ3) is 7.32. The average Bonchev–Trinajstić information content (AvgIpc) is 3.23. The summed E-state index contributed by atoms with van der Waals surface area (Å²) in [5.74, 6) is 0.00756. The maximum absolute atomic E-state index is 12.8. The van der Waals surface area contributed by atoms with Crippen LogP contribution in [0.3, 0.4) is 0 Å². The van der Waals surface area contributed by atoms with E-state index in [1.807, 2.05) is 12.1 Å². The summed E-state index contributed by atoms with van der Waals surface area (Å²) in [4.78, 5) is 62.0. The zero-order valence-electron chi connectivity index (χ0n) is 21.9. The first-order chi connectivity index (χ1) is 19.1. The molecule has 0 aliphatic carbocycles. The van der Waals surface area contributed by atoms with E-state index in [0.717, 1.165) is 22.4 Å². The van der Waals surface area contributed by atoms with Gasteiger partial charge in [0, 0.05) is 35.8 Å². The summed E-state index contributed by atoms with van der Waals surface area (Å²) >= 11 is 7.96. The molecule has 0 saturated carbocycles. The van der Waals surface area contributed by atoms with Crippen LogP contribution in [0, 0.1) is 0 Å². The maximum Gasteiger partial charge on any atom is 0.319 e. The van der Waals surface area contributed by atoms with Gasteiger partial charge in [-0.2, -0.15) is 0 Å². The molecule has 1 fully saturated rings. The number of amides is 6. The van der Waals surface area contributed by atoms with Crippen molar-refractivity contribution < 1.29 is 24.0 Å². The number of nitrogens with one attached hydrogen (secondary N) is 4. The number of carbonyl (C=O) groups is 5. The Morgan fingerprint density at radius 2 is 1.98 bits per heavy atom. The third-order valence-corrected chi connectivity index (χ3v) is 7.82. The van der Waals surface area contributed by atoms with Gasteiger partial charge in [-0.3, -0.25) is 24.5 Å². The van der Waals surface area contributed by atoms with Crippen molar-refractivity contribution in [3.05, 3.63) is 63.7 Å². The second-order valence-electron chi connectivity index (χ2n) is 9.64. The zero-order chi connectivity index (χ0) is 28.8. The lowest BCUT2D eigenvalue weighted by Gasteiger charge is -2.29. The van der Waals surface area contributed by atoms with Crippen LogP contribution in [0.15, 0.2) is 36.4 Å². The molecule has 2 aromatic carbocycles. The number of imide groups is 1. The first-order valence-electron chi connectivity index (χ1n) is 12.8. The summed E-state index contributed by atoms with van der Waals surface area (Å²) in [7, 11) is 0. The number of fused-ring (bicyclic) bond motifs is 1. The van der Waals surface area contributed by atoms with Gasteiger partial charge in [-0.25, -0.2) is 4.79 Å². The maximum atomic E-state index is 12.8. The van der Waals surface area contributed by atoms with Crippen LogP contribution < -0.4 is 27.0 Å². The van der Waals surface area contributed by atoms with E-state index in [1.54, 1.807) is 43.0 Å². The van der Waals surface area contributed by atoms with Crippen LogP contribution >= 0.6 is 23.4 Å². The Morgan fingerprint density at radius 1 is 1.18 bits per heavy atom. The molecule has 6 N–H and O–H groups in total. The van der Waals surface area contributed by atoms with E-state index in [1.165, 1.54) is 4.90 Å². The van der Waals surface area contributed by atoms with Gasteiger partial charge >= 0.3 is 6.03 Å². The van der Waals surface area contributed by atoms with E-state index >= 15 is 0 Å². The molecule has 212 valence electrons. The molecule has 11 nitrogen and oxygen atoms in total. The number of benzene rings is 2. The smallest absolute Gasteiger partial charge is 0.319 e. The Kier molecular flexibility index (Phi) is 9.67. The Morgan fingerprint density at radius 3 is 2.70 bits per heavy atom. The lowest BCUT2D eigenvalue weighted by Crippen LogP contribution is -2.52. The number of urea groups is 1. The van der Waals surface area contributed by atoms with Gasteiger partial charge in [0.25, 0.3) is 5.91 Å². The molecule has 0 spiro atoms. The highest BCUT2D eigenvalue weighted by Crippen LogP contribution is 2.28. The second kappa shape index (κ2) is 13.2. The number of carbonyl (C=O) groups excluding carboxylic acids is 5. The minimum absolute atomic E-state index is 0.193. The summed E-state index contributed by atoms with van der Waals surface area (Å²) in [5, 5.41) is 11.1. The lowest BCUT2D eigenvalue weighted by atomic mass is 10.0. The van der Waals surface area contributed by atoms with Gasteiger partial charge in [-0.1, -0.05) is 29.8 Å². The summed E-state index contributed by atoms with van der Waals surface area (Å²) in [6, 6.07) is 8.98. The van der Waals surface area contributed by atoms with Crippen molar-refractivity contribution in [3.63, 3.8) is 0 Å². The number of piperidine rings is 1. The van der Waals surface area contributed by atoms with Crippen molar-refractivity contribution in [2.75, 3.05) is 16.9 Å². The van der Waals surface area contributed by atoms with Crippen LogP contribution in [0.5, 0.6) is 0 Å². The van der Waals surface area contributed by atoms with E-state index in [-0.39, 0.29) is 37.2 Å². The van der Waals surface area contributed by atoms with Gasteiger partial charge in [0.05, 0.1) is 11.9 Å². The van der Waals surface area contributed by atoms with Crippen LogP contribution in [0.4, 0.5) is 10.5 Å². The Balaban J connectivity index is 1.24. The molecule has 0 radical (unpaired) electrons. The lowest BCUT2D eigenvalue weighted by molar-refractivity contribution is -0.137. The number of aryl methyl sites for hydroxylation is 1. The highest BCUT2D eigenvalue weighted by molar-refractivity contribution is 7.99. The van der Waals surface area contributed by atoms with E-state index in [4.69, 9.17) is 17.3 Å². The van der Waals surface area contributed by atoms with Gasteiger partial charge in [0.15, 0.2) is 0 Å². The first kappa shape index (κ1) is 29.4. The summed E-state index contributed by atoms with van der Waals surface area (Å²) < 4.78 is 0. The van der Waals surface area contributed by atoms with Crippen LogP contribution in [0.2, 0.25) is 5.02 Å². The van der Waals surface area contributed by atoms with Crippen molar-refractivity contribution in [3.8, 4) is 0 Å². The molecule has 2 unspecified atom stereocenters.